The van der Waals surface area contributed by atoms with Crippen LogP contribution < -0.4 is 16.0 Å². The lowest BCUT2D eigenvalue weighted by Gasteiger charge is -2.11. The molecular formula is C15H18FIN4OS. The van der Waals surface area contributed by atoms with Crippen LogP contribution in [0.4, 0.5) is 10.1 Å². The Morgan fingerprint density at radius 1 is 1.22 bits per heavy atom. The minimum absolute atomic E-state index is 0. The number of guanidine groups is 1. The number of aliphatic imine (C=N–C) groups is 1. The zero-order valence-corrected chi connectivity index (χ0v) is 15.7. The van der Waals surface area contributed by atoms with Gasteiger partial charge in [-0.3, -0.25) is 9.79 Å². The molecule has 124 valence electrons. The van der Waals surface area contributed by atoms with Gasteiger partial charge in [-0.15, -0.1) is 24.0 Å². The number of nitrogens with zero attached hydrogens (tertiary/aromatic N) is 1. The lowest BCUT2D eigenvalue weighted by Crippen LogP contribution is -2.41. The summed E-state index contributed by atoms with van der Waals surface area (Å²) in [5, 5.41) is 12.7. The van der Waals surface area contributed by atoms with Crippen LogP contribution in [0, 0.1) is 5.82 Å². The summed E-state index contributed by atoms with van der Waals surface area (Å²) in [7, 11) is 1.64. The van der Waals surface area contributed by atoms with Gasteiger partial charge in [0.1, 0.15) is 5.82 Å². The summed E-state index contributed by atoms with van der Waals surface area (Å²) in [6.45, 7) is 0.712. The van der Waals surface area contributed by atoms with Crippen molar-refractivity contribution in [2.24, 2.45) is 4.99 Å². The highest BCUT2D eigenvalue weighted by atomic mass is 127. The van der Waals surface area contributed by atoms with E-state index in [1.807, 2.05) is 16.8 Å². The first-order chi connectivity index (χ1) is 10.7. The van der Waals surface area contributed by atoms with Gasteiger partial charge >= 0.3 is 0 Å². The monoisotopic (exact) mass is 448 g/mol. The van der Waals surface area contributed by atoms with Crippen LogP contribution in [0.5, 0.6) is 0 Å². The predicted octanol–water partition coefficient (Wildman–Crippen LogP) is 2.81. The molecule has 2 rings (SSSR count). The number of amides is 1. The fourth-order valence-corrected chi connectivity index (χ4v) is 2.37. The molecule has 0 aliphatic carbocycles. The molecule has 0 bridgehead atoms. The number of hydrogen-bond acceptors (Lipinski definition) is 3. The number of anilines is 1. The van der Waals surface area contributed by atoms with Gasteiger partial charge in [0, 0.05) is 19.3 Å². The third kappa shape index (κ3) is 6.95. The molecule has 1 aromatic heterocycles. The van der Waals surface area contributed by atoms with Gasteiger partial charge in [-0.25, -0.2) is 4.39 Å². The maximum Gasteiger partial charge on any atom is 0.243 e. The van der Waals surface area contributed by atoms with Crippen molar-refractivity contribution in [3.05, 3.63) is 52.5 Å². The van der Waals surface area contributed by atoms with E-state index >= 15 is 0 Å². The molecule has 0 radical (unpaired) electrons. The molecule has 1 amide bonds. The average molecular weight is 448 g/mol. The topological polar surface area (TPSA) is 65.5 Å². The van der Waals surface area contributed by atoms with Crippen molar-refractivity contribution < 1.29 is 9.18 Å². The molecule has 0 saturated heterocycles. The molecule has 2 aromatic rings. The molecule has 0 aliphatic rings. The van der Waals surface area contributed by atoms with Gasteiger partial charge in [-0.2, -0.15) is 11.3 Å². The zero-order valence-electron chi connectivity index (χ0n) is 12.5. The molecule has 5 nitrogen and oxygen atoms in total. The lowest BCUT2D eigenvalue weighted by molar-refractivity contribution is -0.115. The van der Waals surface area contributed by atoms with Gasteiger partial charge < -0.3 is 16.0 Å². The third-order valence-corrected chi connectivity index (χ3v) is 3.54. The molecule has 0 unspecified atom stereocenters. The quantitative estimate of drug-likeness (QED) is 0.375. The molecule has 0 fully saturated rings. The molecule has 8 heteroatoms. The zero-order chi connectivity index (χ0) is 15.8. The van der Waals surface area contributed by atoms with Crippen LogP contribution in [-0.4, -0.2) is 25.5 Å². The normalized spacial score (nSPS) is 10.6. The predicted molar refractivity (Wildman–Crippen MR) is 103 cm³/mol. The Kier molecular flexibility index (Phi) is 8.56. The molecule has 0 atom stereocenters. The second-order valence-electron chi connectivity index (χ2n) is 4.47. The first-order valence-corrected chi connectivity index (χ1v) is 7.62. The Morgan fingerprint density at radius 3 is 2.57 bits per heavy atom. The fraction of sp³-hybridized carbons (Fsp3) is 0.200. The number of carbonyl (C=O) groups excluding carboxylic acids is 1. The average Bonchev–Trinajstić information content (AvgIpc) is 3.03. The van der Waals surface area contributed by atoms with E-state index in [1.54, 1.807) is 18.4 Å². The van der Waals surface area contributed by atoms with E-state index < -0.39 is 0 Å². The lowest BCUT2D eigenvalue weighted by atomic mass is 10.3. The van der Waals surface area contributed by atoms with E-state index in [0.29, 0.717) is 18.2 Å². The number of nitrogens with one attached hydrogen (secondary N) is 3. The highest BCUT2D eigenvalue weighted by molar-refractivity contribution is 14.0. The highest BCUT2D eigenvalue weighted by Crippen LogP contribution is 2.07. The van der Waals surface area contributed by atoms with E-state index in [4.69, 9.17) is 0 Å². The summed E-state index contributed by atoms with van der Waals surface area (Å²) < 4.78 is 12.8. The van der Waals surface area contributed by atoms with E-state index in [0.717, 1.165) is 5.56 Å². The van der Waals surface area contributed by atoms with Gasteiger partial charge in [0.15, 0.2) is 5.96 Å². The Bertz CT molecular complexity index is 631. The maximum absolute atomic E-state index is 12.8. The Morgan fingerprint density at radius 2 is 1.96 bits per heavy atom. The van der Waals surface area contributed by atoms with E-state index in [2.05, 4.69) is 20.9 Å². The second-order valence-corrected chi connectivity index (χ2v) is 5.25. The van der Waals surface area contributed by atoms with Crippen molar-refractivity contribution in [1.82, 2.24) is 10.6 Å². The summed E-state index contributed by atoms with van der Waals surface area (Å²) in [6, 6.07) is 7.63. The summed E-state index contributed by atoms with van der Waals surface area (Å²) >= 11 is 1.63. The number of benzene rings is 1. The Hall–Kier alpha value is -1.68. The van der Waals surface area contributed by atoms with Crippen molar-refractivity contribution >= 4 is 52.9 Å². The minimum atomic E-state index is -0.339. The van der Waals surface area contributed by atoms with Gasteiger partial charge in [0.05, 0.1) is 6.54 Å². The van der Waals surface area contributed by atoms with E-state index in [1.165, 1.54) is 24.3 Å². The van der Waals surface area contributed by atoms with Crippen LogP contribution in [-0.2, 0) is 11.3 Å². The molecule has 0 spiro atoms. The Labute approximate surface area is 155 Å². The summed E-state index contributed by atoms with van der Waals surface area (Å²) in [5.41, 5.74) is 1.71. The Balaban J connectivity index is 0.00000264. The van der Waals surface area contributed by atoms with Crippen molar-refractivity contribution in [2.45, 2.75) is 6.54 Å². The molecule has 1 heterocycles. The van der Waals surface area contributed by atoms with Crippen LogP contribution in [0.2, 0.25) is 0 Å². The molecule has 0 saturated carbocycles. The van der Waals surface area contributed by atoms with Crippen molar-refractivity contribution in [1.29, 1.82) is 0 Å². The summed E-state index contributed by atoms with van der Waals surface area (Å²) in [6.07, 6.45) is 0. The fourth-order valence-electron chi connectivity index (χ4n) is 1.70. The number of rotatable bonds is 5. The number of thiophene rings is 1. The SMILES string of the molecule is CN=C(NCC(=O)Nc1ccc(F)cc1)NCc1ccsc1.I. The second kappa shape index (κ2) is 10.2. The van der Waals surface area contributed by atoms with Crippen LogP contribution >= 0.6 is 35.3 Å². The summed E-state index contributed by atoms with van der Waals surface area (Å²) in [4.78, 5) is 15.8. The van der Waals surface area contributed by atoms with Crippen molar-refractivity contribution in [3.8, 4) is 0 Å². The van der Waals surface area contributed by atoms with Crippen molar-refractivity contribution in [3.63, 3.8) is 0 Å². The third-order valence-electron chi connectivity index (χ3n) is 2.81. The number of hydrogen-bond donors (Lipinski definition) is 3. The van der Waals surface area contributed by atoms with Crippen LogP contribution in [0.3, 0.4) is 0 Å². The van der Waals surface area contributed by atoms with Gasteiger partial charge in [-0.05, 0) is 46.7 Å². The minimum Gasteiger partial charge on any atom is -0.352 e. The summed E-state index contributed by atoms with van der Waals surface area (Å²) in [5.74, 6) is -0.0281. The molecule has 0 aliphatic heterocycles. The van der Waals surface area contributed by atoms with Crippen LogP contribution in [0.1, 0.15) is 5.56 Å². The van der Waals surface area contributed by atoms with Gasteiger partial charge in [-0.1, -0.05) is 0 Å². The van der Waals surface area contributed by atoms with Gasteiger partial charge in [0.2, 0.25) is 5.91 Å². The highest BCUT2D eigenvalue weighted by Gasteiger charge is 2.04. The number of halogens is 2. The van der Waals surface area contributed by atoms with Crippen LogP contribution in [0.15, 0.2) is 46.1 Å². The maximum atomic E-state index is 12.8. The van der Waals surface area contributed by atoms with E-state index in [9.17, 15) is 9.18 Å². The molecule has 1 aromatic carbocycles. The van der Waals surface area contributed by atoms with Crippen LogP contribution in [0.25, 0.3) is 0 Å². The van der Waals surface area contributed by atoms with Gasteiger partial charge in [0.25, 0.3) is 0 Å². The largest absolute Gasteiger partial charge is 0.352 e. The molecular weight excluding hydrogens is 430 g/mol. The van der Waals surface area contributed by atoms with E-state index in [-0.39, 0.29) is 42.2 Å². The smallest absolute Gasteiger partial charge is 0.243 e. The van der Waals surface area contributed by atoms with Crippen molar-refractivity contribution in [2.75, 3.05) is 18.9 Å². The molecule has 23 heavy (non-hydrogen) atoms. The first kappa shape index (κ1) is 19.4. The molecule has 3 N–H and O–H groups in total. The number of carbonyl (C=O) groups is 1. The first-order valence-electron chi connectivity index (χ1n) is 6.68. The standard InChI is InChI=1S/C15H17FN4OS.HI/c1-17-15(18-8-11-6-7-22-10-11)19-9-14(21)20-13-4-2-12(16)3-5-13;/h2-7,10H,8-9H2,1H3,(H,20,21)(H2,17,18,19);1H.